The molecule has 1 aromatic rings. The molecule has 5 atom stereocenters. The third-order valence-electron chi connectivity index (χ3n) is 5.01. The fraction of sp³-hybridized carbons (Fsp3) is 0.588. The molecule has 0 saturated heterocycles. The molecule has 1 N–H and O–H groups in total. The van der Waals surface area contributed by atoms with Crippen LogP contribution >= 0.6 is 11.8 Å². The summed E-state index contributed by atoms with van der Waals surface area (Å²) < 4.78 is 0. The van der Waals surface area contributed by atoms with Crippen LogP contribution in [0.1, 0.15) is 25.7 Å². The summed E-state index contributed by atoms with van der Waals surface area (Å²) in [4.78, 5) is 1.18. The Hall–Kier alpha value is -0.980. The molecule has 2 bridgehead atoms. The first kappa shape index (κ1) is 14.0. The van der Waals surface area contributed by atoms with Crippen LogP contribution in [-0.4, -0.2) is 17.0 Å². The molecule has 0 aliphatic heterocycles. The highest BCUT2D eigenvalue weighted by molar-refractivity contribution is 8.00. The number of aliphatic hydroxyl groups excluding tert-OH is 1. The summed E-state index contributed by atoms with van der Waals surface area (Å²) in [5.74, 6) is 2.62. The van der Waals surface area contributed by atoms with Crippen molar-refractivity contribution in [1.29, 1.82) is 5.26 Å². The first-order valence-electron chi connectivity index (χ1n) is 7.52. The third-order valence-corrected chi connectivity index (χ3v) is 6.13. The standard InChI is InChI=1S/C17H21NOS/c18-10-16(20-15-4-2-1-3-5-15)9-13-6-12-7-14(11-19)17(13)8-12/h1-5,12-14,16-17,19H,6-9,11H2/t12-,13-,14-,16?,17+/m1/s1. The molecule has 0 heterocycles. The summed E-state index contributed by atoms with van der Waals surface area (Å²) in [6.07, 6.45) is 4.74. The normalized spacial score (nSPS) is 33.0. The van der Waals surface area contributed by atoms with E-state index < -0.39 is 0 Å². The summed E-state index contributed by atoms with van der Waals surface area (Å²) in [7, 11) is 0. The maximum atomic E-state index is 9.46. The molecule has 0 spiro atoms. The minimum atomic E-state index is 0.0427. The maximum Gasteiger partial charge on any atom is 0.0966 e. The number of hydrogen-bond donors (Lipinski definition) is 1. The zero-order valence-electron chi connectivity index (χ0n) is 11.6. The Morgan fingerprint density at radius 1 is 1.20 bits per heavy atom. The van der Waals surface area contributed by atoms with Gasteiger partial charge in [-0.25, -0.2) is 0 Å². The van der Waals surface area contributed by atoms with E-state index in [0.717, 1.165) is 12.3 Å². The SMILES string of the molecule is N#CC(C[C@H]1C[C@@H]2C[C@H](CO)[C@H]1C2)Sc1ccccc1. The number of nitriles is 1. The van der Waals surface area contributed by atoms with E-state index in [1.54, 1.807) is 11.8 Å². The molecule has 2 saturated carbocycles. The van der Waals surface area contributed by atoms with E-state index in [-0.39, 0.29) is 5.25 Å². The minimum absolute atomic E-state index is 0.0427. The maximum absolute atomic E-state index is 9.46. The lowest BCUT2D eigenvalue weighted by atomic mass is 9.79. The van der Waals surface area contributed by atoms with E-state index in [2.05, 4.69) is 18.2 Å². The predicted octanol–water partition coefficient (Wildman–Crippen LogP) is 3.72. The Kier molecular flexibility index (Phi) is 4.33. The Morgan fingerprint density at radius 3 is 2.60 bits per heavy atom. The number of rotatable bonds is 5. The van der Waals surface area contributed by atoms with Crippen molar-refractivity contribution in [1.82, 2.24) is 0 Å². The second-order valence-electron chi connectivity index (χ2n) is 6.22. The van der Waals surface area contributed by atoms with Gasteiger partial charge in [-0.1, -0.05) is 18.2 Å². The van der Waals surface area contributed by atoms with Gasteiger partial charge in [0.05, 0.1) is 11.3 Å². The molecule has 0 amide bonds. The van der Waals surface area contributed by atoms with Crippen LogP contribution < -0.4 is 0 Å². The Balaban J connectivity index is 1.60. The second-order valence-corrected chi connectivity index (χ2v) is 7.50. The lowest BCUT2D eigenvalue weighted by molar-refractivity contribution is 0.139. The summed E-state index contributed by atoms with van der Waals surface area (Å²) in [6.45, 7) is 0.334. The fourth-order valence-electron chi connectivity index (χ4n) is 4.20. The van der Waals surface area contributed by atoms with Crippen LogP contribution in [-0.2, 0) is 0 Å². The molecule has 3 rings (SSSR count). The molecule has 3 heteroatoms. The summed E-state index contributed by atoms with van der Waals surface area (Å²) in [5, 5.41) is 18.9. The molecule has 2 fully saturated rings. The zero-order chi connectivity index (χ0) is 13.9. The minimum Gasteiger partial charge on any atom is -0.396 e. The largest absolute Gasteiger partial charge is 0.396 e. The zero-order valence-corrected chi connectivity index (χ0v) is 12.4. The highest BCUT2D eigenvalue weighted by Crippen LogP contribution is 2.53. The van der Waals surface area contributed by atoms with Crippen LogP contribution in [0.25, 0.3) is 0 Å². The summed E-state index contributed by atoms with van der Waals surface area (Å²) in [6, 6.07) is 12.7. The van der Waals surface area contributed by atoms with Gasteiger partial charge < -0.3 is 5.11 Å². The van der Waals surface area contributed by atoms with Gasteiger partial charge in [-0.15, -0.1) is 11.8 Å². The van der Waals surface area contributed by atoms with Crippen LogP contribution in [0.3, 0.4) is 0 Å². The lowest BCUT2D eigenvalue weighted by Gasteiger charge is -2.29. The molecule has 1 aromatic carbocycles. The summed E-state index contributed by atoms with van der Waals surface area (Å²) >= 11 is 1.69. The van der Waals surface area contributed by atoms with Crippen molar-refractivity contribution in [3.63, 3.8) is 0 Å². The van der Waals surface area contributed by atoms with Gasteiger partial charge in [-0.05, 0) is 61.5 Å². The average molecular weight is 287 g/mol. The number of thioether (sulfide) groups is 1. The topological polar surface area (TPSA) is 44.0 Å². The molecule has 106 valence electrons. The first-order chi connectivity index (χ1) is 9.80. The van der Waals surface area contributed by atoms with Gasteiger partial charge in [0, 0.05) is 11.5 Å². The number of hydrogen-bond acceptors (Lipinski definition) is 3. The van der Waals surface area contributed by atoms with Crippen LogP contribution in [0.2, 0.25) is 0 Å². The van der Waals surface area contributed by atoms with Gasteiger partial charge in [0.1, 0.15) is 0 Å². The predicted molar refractivity (Wildman–Crippen MR) is 81.2 cm³/mol. The van der Waals surface area contributed by atoms with E-state index in [1.807, 2.05) is 18.2 Å². The number of aliphatic hydroxyl groups is 1. The van der Waals surface area contributed by atoms with Crippen molar-refractivity contribution in [3.05, 3.63) is 30.3 Å². The van der Waals surface area contributed by atoms with Gasteiger partial charge in [0.15, 0.2) is 0 Å². The lowest BCUT2D eigenvalue weighted by Crippen LogP contribution is -2.25. The Bertz CT molecular complexity index is 484. The van der Waals surface area contributed by atoms with E-state index in [1.165, 1.54) is 24.2 Å². The van der Waals surface area contributed by atoms with Crippen LogP contribution in [0.5, 0.6) is 0 Å². The molecule has 0 radical (unpaired) electrons. The molecular weight excluding hydrogens is 266 g/mol. The van der Waals surface area contributed by atoms with Crippen LogP contribution in [0.15, 0.2) is 35.2 Å². The monoisotopic (exact) mass is 287 g/mol. The Morgan fingerprint density at radius 2 is 1.95 bits per heavy atom. The van der Waals surface area contributed by atoms with Crippen LogP contribution in [0.4, 0.5) is 0 Å². The second kappa shape index (κ2) is 6.20. The van der Waals surface area contributed by atoms with E-state index in [9.17, 15) is 10.4 Å². The molecule has 2 nitrogen and oxygen atoms in total. The van der Waals surface area contributed by atoms with E-state index >= 15 is 0 Å². The number of benzene rings is 1. The van der Waals surface area contributed by atoms with Crippen molar-refractivity contribution in [2.24, 2.45) is 23.7 Å². The third kappa shape index (κ3) is 2.87. The van der Waals surface area contributed by atoms with Crippen molar-refractivity contribution in [2.75, 3.05) is 6.61 Å². The molecule has 1 unspecified atom stereocenters. The highest BCUT2D eigenvalue weighted by atomic mass is 32.2. The molecule has 0 aromatic heterocycles. The quantitative estimate of drug-likeness (QED) is 0.839. The number of nitrogens with zero attached hydrogens (tertiary/aromatic N) is 1. The average Bonchev–Trinajstić information content (AvgIpc) is 3.07. The van der Waals surface area contributed by atoms with Crippen molar-refractivity contribution in [2.45, 2.75) is 35.8 Å². The first-order valence-corrected chi connectivity index (χ1v) is 8.40. The highest BCUT2D eigenvalue weighted by Gasteiger charge is 2.46. The van der Waals surface area contributed by atoms with Gasteiger partial charge in [0.2, 0.25) is 0 Å². The molecule has 2 aliphatic rings. The van der Waals surface area contributed by atoms with E-state index in [0.29, 0.717) is 24.4 Å². The summed E-state index contributed by atoms with van der Waals surface area (Å²) in [5.41, 5.74) is 0. The molecule has 20 heavy (non-hydrogen) atoms. The van der Waals surface area contributed by atoms with Crippen molar-refractivity contribution >= 4 is 11.8 Å². The van der Waals surface area contributed by atoms with Gasteiger partial charge in [0.25, 0.3) is 0 Å². The van der Waals surface area contributed by atoms with Crippen molar-refractivity contribution < 1.29 is 5.11 Å². The van der Waals surface area contributed by atoms with Crippen LogP contribution in [0, 0.1) is 35.0 Å². The molecule has 2 aliphatic carbocycles. The smallest absolute Gasteiger partial charge is 0.0966 e. The number of fused-ring (bicyclic) bond motifs is 2. The van der Waals surface area contributed by atoms with Crippen molar-refractivity contribution in [3.8, 4) is 6.07 Å². The Labute approximate surface area is 125 Å². The molecular formula is C17H21NOS. The van der Waals surface area contributed by atoms with Gasteiger partial charge in [-0.2, -0.15) is 5.26 Å². The fourth-order valence-corrected chi connectivity index (χ4v) is 5.23. The van der Waals surface area contributed by atoms with Gasteiger partial charge >= 0.3 is 0 Å². The van der Waals surface area contributed by atoms with Gasteiger partial charge in [-0.3, -0.25) is 0 Å². The van der Waals surface area contributed by atoms with E-state index in [4.69, 9.17) is 0 Å².